The molecule has 0 saturated heterocycles. The van der Waals surface area contributed by atoms with Gasteiger partial charge in [0.05, 0.1) is 0 Å². The van der Waals surface area contributed by atoms with E-state index < -0.39 is 0 Å². The monoisotopic (exact) mass is 215 g/mol. The van der Waals surface area contributed by atoms with E-state index in [0.29, 0.717) is 5.95 Å². The summed E-state index contributed by atoms with van der Waals surface area (Å²) in [5, 5.41) is 0.141. The predicted molar refractivity (Wildman–Crippen MR) is 57.4 cm³/mol. The van der Waals surface area contributed by atoms with Gasteiger partial charge in [0.25, 0.3) is 0 Å². The van der Waals surface area contributed by atoms with Gasteiger partial charge in [-0.1, -0.05) is 6.92 Å². The summed E-state index contributed by atoms with van der Waals surface area (Å²) in [6.07, 6.45) is 1.02. The second-order valence-corrected chi connectivity index (χ2v) is 3.18. The highest BCUT2D eigenvalue weighted by Gasteiger charge is 2.08. The molecule has 0 aliphatic heterocycles. The molecule has 1 aromatic rings. The standard InChI is InChI=1S/C8H14ClN5/c1-3-5-14(4-2)8-12-6(9)11-7(10)13-8/h3-5H2,1-2H3,(H2,10,11,12,13). The summed E-state index contributed by atoms with van der Waals surface area (Å²) in [6.45, 7) is 5.84. The Kier molecular flexibility index (Phi) is 3.88. The van der Waals surface area contributed by atoms with Crippen molar-refractivity contribution in [2.75, 3.05) is 23.7 Å². The van der Waals surface area contributed by atoms with Gasteiger partial charge in [0, 0.05) is 13.1 Å². The maximum Gasteiger partial charge on any atom is 0.231 e. The van der Waals surface area contributed by atoms with Crippen LogP contribution in [0.3, 0.4) is 0 Å². The molecule has 0 atom stereocenters. The van der Waals surface area contributed by atoms with Gasteiger partial charge < -0.3 is 10.6 Å². The third-order valence-corrected chi connectivity index (χ3v) is 1.94. The fraction of sp³-hybridized carbons (Fsp3) is 0.625. The van der Waals surface area contributed by atoms with Crippen molar-refractivity contribution in [3.05, 3.63) is 5.28 Å². The van der Waals surface area contributed by atoms with Crippen LogP contribution >= 0.6 is 11.6 Å². The van der Waals surface area contributed by atoms with Crippen LogP contribution in [0.4, 0.5) is 11.9 Å². The smallest absolute Gasteiger partial charge is 0.231 e. The molecule has 0 amide bonds. The molecule has 6 heteroatoms. The molecule has 0 bridgehead atoms. The summed E-state index contributed by atoms with van der Waals surface area (Å²) in [6, 6.07) is 0. The number of aromatic nitrogens is 3. The number of hydrogen-bond donors (Lipinski definition) is 1. The van der Waals surface area contributed by atoms with Crippen LogP contribution in [0.2, 0.25) is 5.28 Å². The molecule has 0 spiro atoms. The minimum Gasteiger partial charge on any atom is -0.368 e. The largest absolute Gasteiger partial charge is 0.368 e. The van der Waals surface area contributed by atoms with Gasteiger partial charge in [0.15, 0.2) is 0 Å². The van der Waals surface area contributed by atoms with Gasteiger partial charge in [-0.25, -0.2) is 0 Å². The number of anilines is 2. The first-order valence-corrected chi connectivity index (χ1v) is 4.97. The average molecular weight is 216 g/mol. The summed E-state index contributed by atoms with van der Waals surface area (Å²) < 4.78 is 0. The van der Waals surface area contributed by atoms with Gasteiger partial charge in [-0.2, -0.15) is 15.0 Å². The number of nitrogen functional groups attached to an aromatic ring is 1. The topological polar surface area (TPSA) is 67.9 Å². The van der Waals surface area contributed by atoms with Crippen LogP contribution in [-0.4, -0.2) is 28.0 Å². The number of nitrogens with zero attached hydrogens (tertiary/aromatic N) is 4. The molecule has 0 aromatic carbocycles. The SMILES string of the molecule is CCCN(CC)c1nc(N)nc(Cl)n1. The molecule has 14 heavy (non-hydrogen) atoms. The van der Waals surface area contributed by atoms with E-state index in [1.165, 1.54) is 0 Å². The number of halogens is 1. The fourth-order valence-electron chi connectivity index (χ4n) is 1.17. The van der Waals surface area contributed by atoms with Gasteiger partial charge in [-0.05, 0) is 24.9 Å². The first-order valence-electron chi connectivity index (χ1n) is 4.59. The van der Waals surface area contributed by atoms with E-state index in [0.717, 1.165) is 19.5 Å². The summed E-state index contributed by atoms with van der Waals surface area (Å²) in [4.78, 5) is 13.7. The maximum atomic E-state index is 5.68. The molecular formula is C8H14ClN5. The highest BCUT2D eigenvalue weighted by molar-refractivity contribution is 6.28. The molecule has 1 aromatic heterocycles. The van der Waals surface area contributed by atoms with E-state index in [-0.39, 0.29) is 11.2 Å². The van der Waals surface area contributed by atoms with Crippen LogP contribution < -0.4 is 10.6 Å². The summed E-state index contributed by atoms with van der Waals surface area (Å²) in [5.74, 6) is 0.710. The highest BCUT2D eigenvalue weighted by Crippen LogP contribution is 2.11. The Bertz CT molecular complexity index is 284. The van der Waals surface area contributed by atoms with Crippen molar-refractivity contribution in [1.29, 1.82) is 0 Å². The van der Waals surface area contributed by atoms with Gasteiger partial charge in [-0.15, -0.1) is 0 Å². The molecule has 1 rings (SSSR count). The van der Waals surface area contributed by atoms with Crippen LogP contribution in [0.5, 0.6) is 0 Å². The van der Waals surface area contributed by atoms with Crippen LogP contribution in [0.25, 0.3) is 0 Å². The van der Waals surface area contributed by atoms with Crippen molar-refractivity contribution < 1.29 is 0 Å². The van der Waals surface area contributed by atoms with Crippen molar-refractivity contribution in [1.82, 2.24) is 15.0 Å². The Balaban J connectivity index is 2.91. The van der Waals surface area contributed by atoms with Gasteiger partial charge in [0.1, 0.15) is 0 Å². The van der Waals surface area contributed by atoms with Crippen LogP contribution in [0.15, 0.2) is 0 Å². The molecule has 0 saturated carbocycles. The van der Waals surface area contributed by atoms with Crippen molar-refractivity contribution in [2.45, 2.75) is 20.3 Å². The molecule has 78 valence electrons. The lowest BCUT2D eigenvalue weighted by molar-refractivity contribution is 0.758. The van der Waals surface area contributed by atoms with E-state index in [2.05, 4.69) is 21.9 Å². The molecular weight excluding hydrogens is 202 g/mol. The summed E-state index contributed by atoms with van der Waals surface area (Å²) in [7, 11) is 0. The maximum absolute atomic E-state index is 5.68. The third kappa shape index (κ3) is 2.70. The normalized spacial score (nSPS) is 10.2. The molecule has 0 unspecified atom stereocenters. The van der Waals surface area contributed by atoms with E-state index in [4.69, 9.17) is 17.3 Å². The van der Waals surface area contributed by atoms with Crippen molar-refractivity contribution >= 4 is 23.5 Å². The lowest BCUT2D eigenvalue weighted by atomic mass is 10.4. The quantitative estimate of drug-likeness (QED) is 0.821. The Morgan fingerprint density at radius 2 is 2.00 bits per heavy atom. The fourth-order valence-corrected chi connectivity index (χ4v) is 1.33. The Labute approximate surface area is 88.3 Å². The zero-order valence-corrected chi connectivity index (χ0v) is 9.12. The van der Waals surface area contributed by atoms with Crippen molar-refractivity contribution in [3.8, 4) is 0 Å². The molecule has 0 aliphatic rings. The molecule has 1 heterocycles. The highest BCUT2D eigenvalue weighted by atomic mass is 35.5. The van der Waals surface area contributed by atoms with Crippen LogP contribution in [0, 0.1) is 0 Å². The van der Waals surface area contributed by atoms with Crippen LogP contribution in [-0.2, 0) is 0 Å². The first kappa shape index (κ1) is 11.0. The van der Waals surface area contributed by atoms with Gasteiger partial charge in [0.2, 0.25) is 17.2 Å². The average Bonchev–Trinajstić information content (AvgIpc) is 2.12. The number of hydrogen-bond acceptors (Lipinski definition) is 5. The Morgan fingerprint density at radius 3 is 2.50 bits per heavy atom. The Morgan fingerprint density at radius 1 is 1.29 bits per heavy atom. The van der Waals surface area contributed by atoms with E-state index in [9.17, 15) is 0 Å². The van der Waals surface area contributed by atoms with Gasteiger partial charge >= 0.3 is 0 Å². The second-order valence-electron chi connectivity index (χ2n) is 2.84. The minimum absolute atomic E-state index is 0.141. The minimum atomic E-state index is 0.141. The van der Waals surface area contributed by atoms with E-state index >= 15 is 0 Å². The first-order chi connectivity index (χ1) is 6.67. The molecule has 0 aliphatic carbocycles. The molecule has 2 N–H and O–H groups in total. The second kappa shape index (κ2) is 4.95. The third-order valence-electron chi connectivity index (χ3n) is 1.77. The van der Waals surface area contributed by atoms with E-state index in [1.54, 1.807) is 0 Å². The van der Waals surface area contributed by atoms with E-state index in [1.807, 2.05) is 11.8 Å². The molecule has 0 fully saturated rings. The van der Waals surface area contributed by atoms with Crippen LogP contribution in [0.1, 0.15) is 20.3 Å². The lowest BCUT2D eigenvalue weighted by Crippen LogP contribution is -2.26. The molecule has 5 nitrogen and oxygen atoms in total. The lowest BCUT2D eigenvalue weighted by Gasteiger charge is -2.19. The predicted octanol–water partition coefficient (Wildman–Crippen LogP) is 1.34. The number of nitrogens with two attached hydrogens (primary N) is 1. The molecule has 0 radical (unpaired) electrons. The Hall–Kier alpha value is -1.10. The zero-order chi connectivity index (χ0) is 10.6. The zero-order valence-electron chi connectivity index (χ0n) is 8.37. The summed E-state index contributed by atoms with van der Waals surface area (Å²) in [5.41, 5.74) is 5.47. The van der Waals surface area contributed by atoms with Crippen molar-refractivity contribution in [2.24, 2.45) is 0 Å². The van der Waals surface area contributed by atoms with Crippen molar-refractivity contribution in [3.63, 3.8) is 0 Å². The number of rotatable bonds is 4. The summed E-state index contributed by atoms with van der Waals surface area (Å²) >= 11 is 5.68. The van der Waals surface area contributed by atoms with Gasteiger partial charge in [-0.3, -0.25) is 0 Å².